The molecule has 20 heteroatoms. The van der Waals surface area contributed by atoms with Crippen molar-refractivity contribution in [2.45, 2.75) is 152 Å². The number of nitrogens with zero attached hydrogens (tertiary/aromatic N) is 2. The Morgan fingerprint density at radius 2 is 1.62 bits per heavy atom. The number of carbonyl (C=O) groups is 7. The predicted molar refractivity (Wildman–Crippen MR) is 236 cm³/mol. The van der Waals surface area contributed by atoms with Gasteiger partial charge in [0.25, 0.3) is 0 Å². The minimum absolute atomic E-state index is 0.0747. The third kappa shape index (κ3) is 13.9. The SMILES string of the molecule is CS(=O)(=O)N1CCC(C(=O)N[C@@H](COCCCC(=O)NCCCCCCCCNC2CCCC3C(=O)N(C4CCC(=O)NC4=O)C(=O)C23)C(=O)NC2NC(C3CCCCC3)CS2)C1. The Balaban J connectivity index is 0.813. The Kier molecular flexibility index (Phi) is 18.6. The normalized spacial score (nSPS) is 28.8. The molecule has 2 saturated carbocycles. The molecule has 7 unspecified atom stereocenters. The number of piperidine rings is 1. The standard InChI is InChI=1S/C43H70N8O10S2/c1-63(59,60)50-23-20-29(25-50)38(54)46-32(39(55)49-43-47-33(27-62-43)28-13-7-6-8-14-28)26-61-24-12-17-35(52)45-22-10-5-3-2-4-9-21-44-31-16-11-15-30-37(31)42(58)51(41(30)57)34-18-19-36(53)48-40(34)56/h28-34,37,43-44,47H,2-27H2,1H3,(H,45,52)(H,46,54)(H,49,55)(H,48,53,56)/t29?,30?,31?,32-,33?,34?,37?,43?/m0/s1. The second-order valence-corrected chi connectivity index (χ2v) is 21.5. The number of unbranched alkanes of at least 4 members (excludes halogenated alkanes) is 5. The average molecular weight is 923 g/mol. The molecular formula is C43H70N8O10S2. The van der Waals surface area contributed by atoms with Crippen molar-refractivity contribution in [1.82, 2.24) is 41.1 Å². The van der Waals surface area contributed by atoms with Crippen LogP contribution in [0.1, 0.15) is 122 Å². The monoisotopic (exact) mass is 922 g/mol. The Morgan fingerprint density at radius 1 is 0.873 bits per heavy atom. The third-order valence-electron chi connectivity index (χ3n) is 13.7. The summed E-state index contributed by atoms with van der Waals surface area (Å²) in [5.74, 6) is -2.30. The second kappa shape index (κ2) is 23.8. The van der Waals surface area contributed by atoms with E-state index < -0.39 is 45.8 Å². The molecule has 6 rings (SSSR count). The van der Waals surface area contributed by atoms with Crippen LogP contribution in [0.5, 0.6) is 0 Å². The number of imide groups is 2. The number of fused-ring (bicyclic) bond motifs is 1. The molecule has 0 aromatic rings. The van der Waals surface area contributed by atoms with E-state index in [1.165, 1.54) is 36.4 Å². The quantitative estimate of drug-likeness (QED) is 0.0626. The van der Waals surface area contributed by atoms with Crippen LogP contribution >= 0.6 is 11.8 Å². The van der Waals surface area contributed by atoms with Crippen LogP contribution in [-0.4, -0.2) is 140 Å². The van der Waals surface area contributed by atoms with E-state index in [9.17, 15) is 42.0 Å². The van der Waals surface area contributed by atoms with Crippen molar-refractivity contribution in [3.63, 3.8) is 0 Å². The highest BCUT2D eigenvalue weighted by Gasteiger charge is 2.55. The summed E-state index contributed by atoms with van der Waals surface area (Å²) in [4.78, 5) is 91.0. The van der Waals surface area contributed by atoms with Crippen molar-refractivity contribution >= 4 is 63.1 Å². The highest BCUT2D eigenvalue weighted by Crippen LogP contribution is 2.40. The van der Waals surface area contributed by atoms with Gasteiger partial charge in [0.05, 0.1) is 30.6 Å². The van der Waals surface area contributed by atoms with Crippen LogP contribution in [0.3, 0.4) is 0 Å². The van der Waals surface area contributed by atoms with Gasteiger partial charge in [-0.15, -0.1) is 11.8 Å². The van der Waals surface area contributed by atoms with E-state index in [0.29, 0.717) is 37.8 Å². The van der Waals surface area contributed by atoms with Crippen molar-refractivity contribution in [3.05, 3.63) is 0 Å². The topological polar surface area (TPSA) is 242 Å². The summed E-state index contributed by atoms with van der Waals surface area (Å²) in [5, 5.41) is 18.2. The fourth-order valence-electron chi connectivity index (χ4n) is 10.2. The van der Waals surface area contributed by atoms with Gasteiger partial charge in [-0.25, -0.2) is 12.7 Å². The molecule has 6 aliphatic rings. The first-order chi connectivity index (χ1) is 30.3. The molecule has 0 spiro atoms. The highest BCUT2D eigenvalue weighted by atomic mass is 32.2. The molecule has 6 fully saturated rings. The first-order valence-corrected chi connectivity index (χ1v) is 26.4. The fourth-order valence-corrected chi connectivity index (χ4v) is 12.3. The van der Waals surface area contributed by atoms with E-state index in [0.717, 1.165) is 74.8 Å². The number of likely N-dealkylation sites (tertiary alicyclic amines) is 1. The van der Waals surface area contributed by atoms with E-state index in [1.54, 1.807) is 11.8 Å². The smallest absolute Gasteiger partial charge is 0.249 e. The molecule has 8 atom stereocenters. The molecule has 4 saturated heterocycles. The van der Waals surface area contributed by atoms with Gasteiger partial charge in [-0.1, -0.05) is 51.4 Å². The van der Waals surface area contributed by atoms with Gasteiger partial charge >= 0.3 is 0 Å². The van der Waals surface area contributed by atoms with Crippen LogP contribution in [0, 0.1) is 23.7 Å². The Morgan fingerprint density at radius 3 is 2.35 bits per heavy atom. The molecule has 63 heavy (non-hydrogen) atoms. The van der Waals surface area contributed by atoms with Crippen LogP contribution in [0.15, 0.2) is 0 Å². The zero-order chi connectivity index (χ0) is 44.9. The van der Waals surface area contributed by atoms with E-state index >= 15 is 0 Å². The maximum absolute atomic E-state index is 13.5. The van der Waals surface area contributed by atoms with E-state index in [-0.39, 0.29) is 92.5 Å². The number of ether oxygens (including phenoxy) is 1. The largest absolute Gasteiger partial charge is 0.379 e. The fraction of sp³-hybridized carbons (Fsp3) is 0.837. The van der Waals surface area contributed by atoms with Gasteiger partial charge in [-0.3, -0.25) is 49.1 Å². The molecule has 2 aliphatic carbocycles. The zero-order valence-corrected chi connectivity index (χ0v) is 38.5. The minimum Gasteiger partial charge on any atom is -0.379 e. The second-order valence-electron chi connectivity index (χ2n) is 18.3. The Labute approximate surface area is 376 Å². The maximum Gasteiger partial charge on any atom is 0.249 e. The van der Waals surface area contributed by atoms with Crippen molar-refractivity contribution in [2.24, 2.45) is 23.7 Å². The molecule has 0 radical (unpaired) electrons. The number of sulfonamides is 1. The van der Waals surface area contributed by atoms with Crippen LogP contribution < -0.4 is 31.9 Å². The van der Waals surface area contributed by atoms with Crippen molar-refractivity contribution < 1.29 is 46.7 Å². The van der Waals surface area contributed by atoms with Crippen LogP contribution in [-0.2, 0) is 48.3 Å². The molecule has 4 heterocycles. The lowest BCUT2D eigenvalue weighted by molar-refractivity contribution is -0.151. The van der Waals surface area contributed by atoms with Gasteiger partial charge in [0.15, 0.2) is 0 Å². The van der Waals surface area contributed by atoms with Crippen molar-refractivity contribution in [2.75, 3.05) is 51.4 Å². The van der Waals surface area contributed by atoms with Gasteiger partial charge in [-0.2, -0.15) is 0 Å². The summed E-state index contributed by atoms with van der Waals surface area (Å²) in [7, 11) is -3.42. The lowest BCUT2D eigenvalue weighted by atomic mass is 9.77. The number of rotatable bonds is 23. The number of hydrogen-bond acceptors (Lipinski definition) is 13. The van der Waals surface area contributed by atoms with Gasteiger partial charge in [-0.05, 0) is 70.3 Å². The molecule has 354 valence electrons. The third-order valence-corrected chi connectivity index (χ3v) is 16.1. The molecule has 0 aromatic carbocycles. The number of hydrogen-bond donors (Lipinski definition) is 6. The number of thioether (sulfide) groups is 1. The van der Waals surface area contributed by atoms with Crippen LogP contribution in [0.4, 0.5) is 0 Å². The zero-order valence-electron chi connectivity index (χ0n) is 36.9. The highest BCUT2D eigenvalue weighted by molar-refractivity contribution is 8.00. The first-order valence-electron chi connectivity index (χ1n) is 23.5. The average Bonchev–Trinajstić information content (AvgIpc) is 4.01. The van der Waals surface area contributed by atoms with Crippen LogP contribution in [0.25, 0.3) is 0 Å². The maximum atomic E-state index is 13.5. The number of amides is 7. The van der Waals surface area contributed by atoms with Crippen molar-refractivity contribution in [1.29, 1.82) is 0 Å². The molecule has 0 bridgehead atoms. The molecule has 0 aromatic heterocycles. The lowest BCUT2D eigenvalue weighted by Crippen LogP contribution is -2.55. The van der Waals surface area contributed by atoms with Gasteiger partial charge in [0, 0.05) is 56.9 Å². The number of nitrogens with one attached hydrogen (secondary N) is 6. The summed E-state index contributed by atoms with van der Waals surface area (Å²) in [6.07, 6.45) is 16.8. The predicted octanol–water partition coefficient (Wildman–Crippen LogP) is 1.24. The molecular weight excluding hydrogens is 853 g/mol. The number of carbonyl (C=O) groups excluding carboxylic acids is 7. The summed E-state index contributed by atoms with van der Waals surface area (Å²) >= 11 is 1.65. The van der Waals surface area contributed by atoms with Crippen molar-refractivity contribution in [3.8, 4) is 0 Å². The van der Waals surface area contributed by atoms with Gasteiger partial charge < -0.3 is 26.0 Å². The molecule has 18 nitrogen and oxygen atoms in total. The van der Waals surface area contributed by atoms with E-state index in [4.69, 9.17) is 4.74 Å². The summed E-state index contributed by atoms with van der Waals surface area (Å²) in [5.41, 5.74) is -0.276. The van der Waals surface area contributed by atoms with E-state index in [1.807, 2.05) is 0 Å². The lowest BCUT2D eigenvalue weighted by Gasteiger charge is -2.31. The Bertz CT molecular complexity index is 1750. The molecule has 7 amide bonds. The minimum atomic E-state index is -3.42. The summed E-state index contributed by atoms with van der Waals surface area (Å²) < 4.78 is 31.2. The summed E-state index contributed by atoms with van der Waals surface area (Å²) in [6.45, 7) is 1.80. The molecule has 4 aliphatic heterocycles. The van der Waals surface area contributed by atoms with E-state index in [2.05, 4.69) is 31.9 Å². The van der Waals surface area contributed by atoms with Gasteiger partial charge in [0.1, 0.15) is 17.6 Å². The van der Waals surface area contributed by atoms with Crippen LogP contribution in [0.2, 0.25) is 0 Å². The first kappa shape index (κ1) is 49.3. The Hall–Kier alpha value is -3.17. The molecule has 6 N–H and O–H groups in total. The van der Waals surface area contributed by atoms with Gasteiger partial charge in [0.2, 0.25) is 51.4 Å². The summed E-state index contributed by atoms with van der Waals surface area (Å²) in [6, 6.07) is -1.65.